The molecule has 0 saturated heterocycles. The summed E-state index contributed by atoms with van der Waals surface area (Å²) in [6.45, 7) is 6.48. The molecule has 2 N–H and O–H groups in total. The van der Waals surface area contributed by atoms with Crippen LogP contribution in [0.5, 0.6) is 11.5 Å². The number of hydrogen-bond acceptors (Lipinski definition) is 5. The van der Waals surface area contributed by atoms with Crippen molar-refractivity contribution < 1.29 is 14.3 Å². The van der Waals surface area contributed by atoms with Gasteiger partial charge in [0.2, 0.25) is 0 Å². The molecule has 0 aliphatic rings. The van der Waals surface area contributed by atoms with Gasteiger partial charge in [0.1, 0.15) is 17.1 Å². The standard InChI is InChI=1S/C27H17NO.C8H18N2O2/c1-2-10-20(11-3-1)29-27-23-16-14-18-8-4-6-12-21(18)25(23)28-26-22-13-7-5-9-19(22)15-17-24(26)27;1-8(2,3)12-7(11)10(4)6-5-9/h1-17H;5-6,9H2,1-4H3. The number of rotatable bonds is 4. The summed E-state index contributed by atoms with van der Waals surface area (Å²) >= 11 is 0. The Bertz CT molecular complexity index is 1730. The zero-order valence-corrected chi connectivity index (χ0v) is 23.9. The van der Waals surface area contributed by atoms with Crippen LogP contribution in [0.15, 0.2) is 103 Å². The number of nitrogens with two attached hydrogens (primary N) is 1. The van der Waals surface area contributed by atoms with E-state index in [1.165, 1.54) is 15.7 Å². The lowest BCUT2D eigenvalue weighted by molar-refractivity contribution is 0.0304. The second-order valence-corrected chi connectivity index (χ2v) is 10.9. The summed E-state index contributed by atoms with van der Waals surface area (Å²) in [6.07, 6.45) is -0.326. The van der Waals surface area contributed by atoms with E-state index in [1.807, 2.05) is 51.1 Å². The third-order valence-corrected chi connectivity index (χ3v) is 6.65. The topological polar surface area (TPSA) is 77.7 Å². The summed E-state index contributed by atoms with van der Waals surface area (Å²) in [5, 5.41) is 6.68. The fourth-order valence-corrected chi connectivity index (χ4v) is 4.72. The molecule has 6 rings (SSSR count). The van der Waals surface area contributed by atoms with Crippen molar-refractivity contribution in [3.8, 4) is 11.5 Å². The number of hydrogen-bond donors (Lipinski definition) is 1. The summed E-state index contributed by atoms with van der Waals surface area (Å²) in [6, 6.07) is 35.3. The Morgan fingerprint density at radius 1 is 0.732 bits per heavy atom. The van der Waals surface area contributed by atoms with Gasteiger partial charge in [-0.25, -0.2) is 9.78 Å². The molecule has 0 saturated carbocycles. The van der Waals surface area contributed by atoms with Crippen molar-refractivity contribution >= 4 is 49.4 Å². The highest BCUT2D eigenvalue weighted by Gasteiger charge is 2.19. The lowest BCUT2D eigenvalue weighted by atomic mass is 10.0. The van der Waals surface area contributed by atoms with Crippen LogP contribution in [0.3, 0.4) is 0 Å². The number of likely N-dealkylation sites (N-methyl/N-ethyl adjacent to an activating group) is 1. The fourth-order valence-electron chi connectivity index (χ4n) is 4.72. The summed E-state index contributed by atoms with van der Waals surface area (Å²) in [5.41, 5.74) is 6.79. The summed E-state index contributed by atoms with van der Waals surface area (Å²) < 4.78 is 11.5. The molecule has 6 heteroatoms. The molecule has 1 amide bonds. The van der Waals surface area contributed by atoms with E-state index in [0.29, 0.717) is 13.1 Å². The number of nitrogens with zero attached hydrogens (tertiary/aromatic N) is 2. The molecule has 1 heterocycles. The summed E-state index contributed by atoms with van der Waals surface area (Å²) in [7, 11) is 1.67. The number of benzene rings is 5. The number of aromatic nitrogens is 1. The maximum absolute atomic E-state index is 11.2. The Morgan fingerprint density at radius 2 is 1.24 bits per heavy atom. The van der Waals surface area contributed by atoms with E-state index in [-0.39, 0.29) is 6.09 Å². The van der Waals surface area contributed by atoms with Gasteiger partial charge >= 0.3 is 6.09 Å². The molecular weight excluding hydrogens is 510 g/mol. The van der Waals surface area contributed by atoms with Crippen molar-refractivity contribution in [1.29, 1.82) is 0 Å². The van der Waals surface area contributed by atoms with E-state index in [2.05, 4.69) is 72.8 Å². The Labute approximate surface area is 240 Å². The summed E-state index contributed by atoms with van der Waals surface area (Å²) in [5.74, 6) is 1.68. The quantitative estimate of drug-likeness (QED) is 0.178. The first kappa shape index (κ1) is 27.9. The fraction of sp³-hybridized carbons (Fsp3) is 0.200. The van der Waals surface area contributed by atoms with Crippen LogP contribution in [0, 0.1) is 0 Å². The van der Waals surface area contributed by atoms with Gasteiger partial charge in [0.05, 0.1) is 11.0 Å². The molecule has 0 radical (unpaired) electrons. The summed E-state index contributed by atoms with van der Waals surface area (Å²) in [4.78, 5) is 17.8. The number of amides is 1. The Balaban J connectivity index is 0.000000241. The first-order chi connectivity index (χ1) is 19.7. The van der Waals surface area contributed by atoms with Crippen molar-refractivity contribution in [2.24, 2.45) is 5.73 Å². The van der Waals surface area contributed by atoms with Gasteiger partial charge in [-0.2, -0.15) is 0 Å². The average Bonchev–Trinajstić information content (AvgIpc) is 2.97. The molecule has 0 atom stereocenters. The highest BCUT2D eigenvalue weighted by molar-refractivity contribution is 6.17. The largest absolute Gasteiger partial charge is 0.456 e. The molecule has 0 bridgehead atoms. The van der Waals surface area contributed by atoms with E-state index >= 15 is 0 Å². The van der Waals surface area contributed by atoms with E-state index in [1.54, 1.807) is 7.05 Å². The molecule has 6 nitrogen and oxygen atoms in total. The molecule has 208 valence electrons. The van der Waals surface area contributed by atoms with Gasteiger partial charge in [-0.3, -0.25) is 0 Å². The van der Waals surface area contributed by atoms with Gasteiger partial charge in [0, 0.05) is 41.7 Å². The number of fused-ring (bicyclic) bond motifs is 6. The van der Waals surface area contributed by atoms with E-state index in [0.717, 1.165) is 44.1 Å². The second-order valence-electron chi connectivity index (χ2n) is 10.9. The minimum Gasteiger partial charge on any atom is -0.456 e. The Morgan fingerprint density at radius 3 is 1.76 bits per heavy atom. The molecule has 5 aromatic carbocycles. The molecular formula is C35H35N3O3. The maximum atomic E-state index is 11.2. The molecule has 0 unspecified atom stereocenters. The third-order valence-electron chi connectivity index (χ3n) is 6.65. The third kappa shape index (κ3) is 6.23. The highest BCUT2D eigenvalue weighted by Crippen LogP contribution is 2.40. The molecule has 0 aliphatic heterocycles. The normalized spacial score (nSPS) is 11.3. The predicted molar refractivity (Wildman–Crippen MR) is 169 cm³/mol. The number of carbonyl (C=O) groups is 1. The molecule has 41 heavy (non-hydrogen) atoms. The first-order valence-electron chi connectivity index (χ1n) is 13.7. The zero-order valence-electron chi connectivity index (χ0n) is 23.9. The van der Waals surface area contributed by atoms with Crippen LogP contribution < -0.4 is 10.5 Å². The highest BCUT2D eigenvalue weighted by atomic mass is 16.6. The average molecular weight is 546 g/mol. The first-order valence-corrected chi connectivity index (χ1v) is 13.7. The van der Waals surface area contributed by atoms with Crippen LogP contribution >= 0.6 is 0 Å². The Hall–Kier alpha value is -4.68. The minimum absolute atomic E-state index is 0.326. The molecule has 6 aromatic rings. The SMILES string of the molecule is CN(CCN)C(=O)OC(C)(C)C.c1ccc(Oc2c3ccc4ccccc4c3nc3c2ccc2ccccc23)cc1. The number of carbonyl (C=O) groups excluding carboxylic acids is 1. The van der Waals surface area contributed by atoms with Crippen LogP contribution in [-0.2, 0) is 4.74 Å². The van der Waals surface area contributed by atoms with Crippen LogP contribution in [0.2, 0.25) is 0 Å². The van der Waals surface area contributed by atoms with Gasteiger partial charge in [0.15, 0.2) is 0 Å². The smallest absolute Gasteiger partial charge is 0.410 e. The van der Waals surface area contributed by atoms with Gasteiger partial charge in [-0.1, -0.05) is 78.9 Å². The maximum Gasteiger partial charge on any atom is 0.410 e. The van der Waals surface area contributed by atoms with Crippen LogP contribution in [0.4, 0.5) is 4.79 Å². The van der Waals surface area contributed by atoms with E-state index in [4.69, 9.17) is 20.2 Å². The van der Waals surface area contributed by atoms with Crippen LogP contribution in [-0.4, -0.2) is 41.7 Å². The molecule has 0 aliphatic carbocycles. The van der Waals surface area contributed by atoms with Crippen molar-refractivity contribution in [3.63, 3.8) is 0 Å². The van der Waals surface area contributed by atoms with Gasteiger partial charge in [0.25, 0.3) is 0 Å². The van der Waals surface area contributed by atoms with Gasteiger partial charge in [-0.15, -0.1) is 0 Å². The number of ether oxygens (including phenoxy) is 2. The van der Waals surface area contributed by atoms with Gasteiger partial charge in [-0.05, 0) is 55.8 Å². The van der Waals surface area contributed by atoms with Crippen LogP contribution in [0.1, 0.15) is 20.8 Å². The van der Waals surface area contributed by atoms with Gasteiger partial charge < -0.3 is 20.1 Å². The second kappa shape index (κ2) is 11.8. The van der Waals surface area contributed by atoms with E-state index < -0.39 is 5.60 Å². The monoisotopic (exact) mass is 545 g/mol. The van der Waals surface area contributed by atoms with Crippen molar-refractivity contribution in [2.75, 3.05) is 20.1 Å². The molecule has 0 fully saturated rings. The number of para-hydroxylation sites is 1. The molecule has 1 aromatic heterocycles. The van der Waals surface area contributed by atoms with Crippen molar-refractivity contribution in [3.05, 3.63) is 103 Å². The van der Waals surface area contributed by atoms with Crippen molar-refractivity contribution in [1.82, 2.24) is 9.88 Å². The zero-order chi connectivity index (χ0) is 29.0. The predicted octanol–water partition coefficient (Wildman–Crippen LogP) is 8.30. The minimum atomic E-state index is -0.431. The molecule has 0 spiro atoms. The Kier molecular flexibility index (Phi) is 8.04. The number of pyridine rings is 1. The van der Waals surface area contributed by atoms with Crippen molar-refractivity contribution in [2.45, 2.75) is 26.4 Å². The van der Waals surface area contributed by atoms with Crippen LogP contribution in [0.25, 0.3) is 43.4 Å². The lowest BCUT2D eigenvalue weighted by Gasteiger charge is -2.24. The van der Waals surface area contributed by atoms with E-state index in [9.17, 15) is 4.79 Å². The lowest BCUT2D eigenvalue weighted by Crippen LogP contribution is -2.36.